The van der Waals surface area contributed by atoms with Gasteiger partial charge in [0.25, 0.3) is 0 Å². The summed E-state index contributed by atoms with van der Waals surface area (Å²) in [6.45, 7) is 6.84. The van der Waals surface area contributed by atoms with Gasteiger partial charge in [-0.15, -0.1) is 0 Å². The normalized spacial score (nSPS) is 37.3. The number of nitrogens with zero attached hydrogens (tertiary/aromatic N) is 1. The third-order valence-corrected chi connectivity index (χ3v) is 6.00. The molecule has 1 aliphatic heterocycles. The fourth-order valence-corrected chi connectivity index (χ4v) is 4.99. The summed E-state index contributed by atoms with van der Waals surface area (Å²) >= 11 is 0. The van der Waals surface area contributed by atoms with E-state index in [4.69, 9.17) is 0 Å². The standard InChI is InChI=1S/C17H30N2O/c1-12(2)14-8-4-5-9-15(14)19-13(3)18-17(16(19)20)10-6-7-11-17/h12-15,18H,4-11H2,1-3H3. The molecule has 3 unspecified atom stereocenters. The smallest absolute Gasteiger partial charge is 0.244 e. The maximum Gasteiger partial charge on any atom is 0.244 e. The maximum atomic E-state index is 13.1. The van der Waals surface area contributed by atoms with Gasteiger partial charge in [-0.25, -0.2) is 0 Å². The summed E-state index contributed by atoms with van der Waals surface area (Å²) in [6, 6.07) is 0.471. The molecule has 2 aliphatic carbocycles. The molecule has 2 saturated carbocycles. The summed E-state index contributed by atoms with van der Waals surface area (Å²) in [4.78, 5) is 15.3. The third kappa shape index (κ3) is 2.18. The van der Waals surface area contributed by atoms with Crippen LogP contribution in [0.15, 0.2) is 0 Å². The average Bonchev–Trinajstić information content (AvgIpc) is 2.97. The van der Waals surface area contributed by atoms with Crippen LogP contribution >= 0.6 is 0 Å². The molecule has 3 aliphatic rings. The first-order valence-electron chi connectivity index (χ1n) is 8.66. The second kappa shape index (κ2) is 5.32. The number of rotatable bonds is 2. The summed E-state index contributed by atoms with van der Waals surface area (Å²) in [5.41, 5.74) is -0.196. The van der Waals surface area contributed by atoms with E-state index in [9.17, 15) is 4.79 Å². The molecule has 1 saturated heterocycles. The molecule has 1 N–H and O–H groups in total. The van der Waals surface area contributed by atoms with Crippen LogP contribution in [0.2, 0.25) is 0 Å². The number of carbonyl (C=O) groups is 1. The molecule has 3 rings (SSSR count). The van der Waals surface area contributed by atoms with E-state index in [0.29, 0.717) is 23.8 Å². The van der Waals surface area contributed by atoms with Crippen LogP contribution in [0.4, 0.5) is 0 Å². The van der Waals surface area contributed by atoms with E-state index in [1.54, 1.807) is 0 Å². The van der Waals surface area contributed by atoms with Gasteiger partial charge in [-0.2, -0.15) is 0 Å². The van der Waals surface area contributed by atoms with Gasteiger partial charge in [0.1, 0.15) is 0 Å². The van der Waals surface area contributed by atoms with Crippen LogP contribution in [0.25, 0.3) is 0 Å². The van der Waals surface area contributed by atoms with E-state index in [-0.39, 0.29) is 11.7 Å². The highest BCUT2D eigenvalue weighted by atomic mass is 16.2. The van der Waals surface area contributed by atoms with Crippen LogP contribution in [0.3, 0.4) is 0 Å². The Morgan fingerprint density at radius 3 is 2.45 bits per heavy atom. The lowest BCUT2D eigenvalue weighted by molar-refractivity contribution is -0.137. The Morgan fingerprint density at radius 2 is 1.80 bits per heavy atom. The number of nitrogens with one attached hydrogen (secondary N) is 1. The van der Waals surface area contributed by atoms with Crippen molar-refractivity contribution in [2.45, 2.75) is 89.9 Å². The molecule has 0 aromatic carbocycles. The first-order chi connectivity index (χ1) is 9.55. The molecule has 3 fully saturated rings. The molecule has 1 heterocycles. The molecule has 3 atom stereocenters. The second-order valence-corrected chi connectivity index (χ2v) is 7.58. The van der Waals surface area contributed by atoms with Crippen molar-refractivity contribution in [2.75, 3.05) is 0 Å². The van der Waals surface area contributed by atoms with Gasteiger partial charge in [-0.3, -0.25) is 10.1 Å². The number of amides is 1. The van der Waals surface area contributed by atoms with Crippen LogP contribution < -0.4 is 5.32 Å². The Bertz CT molecular complexity index is 373. The van der Waals surface area contributed by atoms with Crippen molar-refractivity contribution in [2.24, 2.45) is 11.8 Å². The average molecular weight is 278 g/mol. The highest BCUT2D eigenvalue weighted by Crippen LogP contribution is 2.41. The van der Waals surface area contributed by atoms with E-state index < -0.39 is 0 Å². The topological polar surface area (TPSA) is 32.3 Å². The van der Waals surface area contributed by atoms with E-state index in [2.05, 4.69) is 31.0 Å². The predicted octanol–water partition coefficient (Wildman–Crippen LogP) is 3.29. The van der Waals surface area contributed by atoms with Gasteiger partial charge in [-0.1, -0.05) is 39.5 Å². The lowest BCUT2D eigenvalue weighted by Gasteiger charge is -2.42. The molecular formula is C17H30N2O. The van der Waals surface area contributed by atoms with Crippen molar-refractivity contribution in [3.05, 3.63) is 0 Å². The summed E-state index contributed by atoms with van der Waals surface area (Å²) in [5.74, 6) is 1.79. The first-order valence-corrected chi connectivity index (χ1v) is 8.66. The summed E-state index contributed by atoms with van der Waals surface area (Å²) in [5, 5.41) is 3.66. The van der Waals surface area contributed by atoms with E-state index in [1.807, 2.05) is 0 Å². The minimum atomic E-state index is -0.196. The Morgan fingerprint density at radius 1 is 1.15 bits per heavy atom. The Kier molecular flexibility index (Phi) is 3.83. The lowest BCUT2D eigenvalue weighted by atomic mass is 9.76. The zero-order valence-corrected chi connectivity index (χ0v) is 13.3. The molecule has 3 nitrogen and oxygen atoms in total. The molecule has 0 bridgehead atoms. The Labute approximate surface area is 123 Å². The lowest BCUT2D eigenvalue weighted by Crippen LogP contribution is -2.50. The summed E-state index contributed by atoms with van der Waals surface area (Å²) < 4.78 is 0. The van der Waals surface area contributed by atoms with Crippen molar-refractivity contribution in [3.63, 3.8) is 0 Å². The molecule has 0 aromatic heterocycles. The molecule has 1 amide bonds. The van der Waals surface area contributed by atoms with Crippen LogP contribution in [0.5, 0.6) is 0 Å². The zero-order valence-electron chi connectivity index (χ0n) is 13.3. The summed E-state index contributed by atoms with van der Waals surface area (Å²) in [7, 11) is 0. The van der Waals surface area contributed by atoms with Crippen LogP contribution in [0.1, 0.15) is 72.1 Å². The van der Waals surface area contributed by atoms with Crippen LogP contribution in [0, 0.1) is 11.8 Å². The fourth-order valence-electron chi connectivity index (χ4n) is 4.99. The van der Waals surface area contributed by atoms with Crippen molar-refractivity contribution in [3.8, 4) is 0 Å². The Balaban J connectivity index is 1.83. The molecular weight excluding hydrogens is 248 g/mol. The fraction of sp³-hybridized carbons (Fsp3) is 0.941. The number of hydrogen-bond donors (Lipinski definition) is 1. The number of carbonyl (C=O) groups excluding carboxylic acids is 1. The quantitative estimate of drug-likeness (QED) is 0.840. The maximum absolute atomic E-state index is 13.1. The van der Waals surface area contributed by atoms with E-state index in [1.165, 1.54) is 38.5 Å². The monoisotopic (exact) mass is 278 g/mol. The highest BCUT2D eigenvalue weighted by Gasteiger charge is 2.53. The molecule has 0 aromatic rings. The van der Waals surface area contributed by atoms with Crippen molar-refractivity contribution in [1.29, 1.82) is 0 Å². The van der Waals surface area contributed by atoms with Crippen molar-refractivity contribution >= 4 is 5.91 Å². The molecule has 3 heteroatoms. The second-order valence-electron chi connectivity index (χ2n) is 7.58. The SMILES string of the molecule is CC(C)C1CCCCC1N1C(=O)C2(CCCC2)NC1C. The van der Waals surface area contributed by atoms with Gasteiger partial charge < -0.3 is 4.90 Å². The van der Waals surface area contributed by atoms with Gasteiger partial charge in [-0.05, 0) is 44.4 Å². The van der Waals surface area contributed by atoms with Crippen molar-refractivity contribution < 1.29 is 4.79 Å². The van der Waals surface area contributed by atoms with Gasteiger partial charge >= 0.3 is 0 Å². The van der Waals surface area contributed by atoms with Crippen LogP contribution in [-0.4, -0.2) is 28.6 Å². The van der Waals surface area contributed by atoms with Gasteiger partial charge in [0.05, 0.1) is 11.7 Å². The Hall–Kier alpha value is -0.570. The van der Waals surface area contributed by atoms with Gasteiger partial charge in [0.15, 0.2) is 0 Å². The first kappa shape index (κ1) is 14.4. The zero-order chi connectivity index (χ0) is 14.3. The minimum Gasteiger partial charge on any atom is -0.323 e. The molecule has 0 radical (unpaired) electrons. The third-order valence-electron chi connectivity index (χ3n) is 6.00. The largest absolute Gasteiger partial charge is 0.323 e. The van der Waals surface area contributed by atoms with Crippen LogP contribution in [-0.2, 0) is 4.79 Å². The molecule has 1 spiro atoms. The highest BCUT2D eigenvalue weighted by molar-refractivity contribution is 5.89. The minimum absolute atomic E-state index is 0.196. The molecule has 20 heavy (non-hydrogen) atoms. The summed E-state index contributed by atoms with van der Waals surface area (Å²) in [6.07, 6.45) is 9.87. The van der Waals surface area contributed by atoms with E-state index >= 15 is 0 Å². The predicted molar refractivity (Wildman–Crippen MR) is 81.2 cm³/mol. The molecule has 114 valence electrons. The van der Waals surface area contributed by atoms with Gasteiger partial charge in [0.2, 0.25) is 5.91 Å². The van der Waals surface area contributed by atoms with Crippen molar-refractivity contribution in [1.82, 2.24) is 10.2 Å². The van der Waals surface area contributed by atoms with Gasteiger partial charge in [0, 0.05) is 6.04 Å². The number of hydrogen-bond acceptors (Lipinski definition) is 2. The van der Waals surface area contributed by atoms with E-state index in [0.717, 1.165) is 12.8 Å².